The predicted octanol–water partition coefficient (Wildman–Crippen LogP) is 1.75. The van der Waals surface area contributed by atoms with E-state index in [0.29, 0.717) is 23.6 Å². The van der Waals surface area contributed by atoms with E-state index in [0.717, 1.165) is 25.2 Å². The third kappa shape index (κ3) is 2.95. The van der Waals surface area contributed by atoms with Crippen LogP contribution in [0.3, 0.4) is 0 Å². The van der Waals surface area contributed by atoms with Crippen LogP contribution in [0.4, 0.5) is 0 Å². The van der Waals surface area contributed by atoms with Crippen LogP contribution in [0.5, 0.6) is 0 Å². The highest BCUT2D eigenvalue weighted by molar-refractivity contribution is 5.94. The Morgan fingerprint density at radius 2 is 2.43 bits per heavy atom. The molecule has 1 aromatic carbocycles. The summed E-state index contributed by atoms with van der Waals surface area (Å²) in [5.41, 5.74) is 1.04. The minimum Gasteiger partial charge on any atom is -0.352 e. The Morgan fingerprint density at radius 3 is 3.29 bits per heavy atom. The molecule has 0 aliphatic carbocycles. The summed E-state index contributed by atoms with van der Waals surface area (Å²) in [5, 5.41) is 11.8. The van der Waals surface area contributed by atoms with Gasteiger partial charge in [-0.2, -0.15) is 5.26 Å². The molecule has 1 aliphatic rings. The quantitative estimate of drug-likeness (QED) is 0.931. The molecular formula is C16H16N4O. The molecule has 0 unspecified atom stereocenters. The van der Waals surface area contributed by atoms with Gasteiger partial charge in [0, 0.05) is 37.5 Å². The summed E-state index contributed by atoms with van der Waals surface area (Å²) in [6, 6.07) is 8.80. The molecule has 1 N–H and O–H groups in total. The van der Waals surface area contributed by atoms with Gasteiger partial charge in [0.1, 0.15) is 5.82 Å². The number of benzene rings is 1. The van der Waals surface area contributed by atoms with Crippen molar-refractivity contribution in [3.8, 4) is 6.07 Å². The Balaban J connectivity index is 1.58. The average molecular weight is 280 g/mol. The van der Waals surface area contributed by atoms with Crippen molar-refractivity contribution in [3.05, 3.63) is 53.6 Å². The van der Waals surface area contributed by atoms with Gasteiger partial charge in [-0.05, 0) is 30.5 Å². The van der Waals surface area contributed by atoms with Crippen LogP contribution in [-0.2, 0) is 13.0 Å². The largest absolute Gasteiger partial charge is 0.352 e. The van der Waals surface area contributed by atoms with Gasteiger partial charge in [0.25, 0.3) is 5.91 Å². The van der Waals surface area contributed by atoms with E-state index in [9.17, 15) is 4.79 Å². The topological polar surface area (TPSA) is 70.7 Å². The molecule has 5 heteroatoms. The Labute approximate surface area is 123 Å². The van der Waals surface area contributed by atoms with Crippen LogP contribution in [-0.4, -0.2) is 22.0 Å². The summed E-state index contributed by atoms with van der Waals surface area (Å²) in [5.74, 6) is 1.39. The zero-order valence-corrected chi connectivity index (χ0v) is 11.6. The summed E-state index contributed by atoms with van der Waals surface area (Å²) in [4.78, 5) is 16.4. The van der Waals surface area contributed by atoms with Crippen LogP contribution in [0.2, 0.25) is 0 Å². The fourth-order valence-electron chi connectivity index (χ4n) is 2.66. The van der Waals surface area contributed by atoms with Crippen molar-refractivity contribution in [2.24, 2.45) is 5.92 Å². The lowest BCUT2D eigenvalue weighted by molar-refractivity contribution is 0.0944. The third-order valence-corrected chi connectivity index (χ3v) is 3.86. The lowest BCUT2D eigenvalue weighted by Crippen LogP contribution is -2.33. The molecule has 5 nitrogen and oxygen atoms in total. The normalized spacial score (nSPS) is 16.8. The minimum absolute atomic E-state index is 0.124. The van der Waals surface area contributed by atoms with Crippen LogP contribution in [0, 0.1) is 17.2 Å². The number of hydrogen-bond donors (Lipinski definition) is 1. The Hall–Kier alpha value is -2.61. The molecule has 21 heavy (non-hydrogen) atoms. The maximum absolute atomic E-state index is 12.1. The van der Waals surface area contributed by atoms with E-state index in [-0.39, 0.29) is 5.91 Å². The summed E-state index contributed by atoms with van der Waals surface area (Å²) >= 11 is 0. The van der Waals surface area contributed by atoms with Gasteiger partial charge < -0.3 is 9.88 Å². The number of amides is 1. The van der Waals surface area contributed by atoms with Crippen molar-refractivity contribution in [2.45, 2.75) is 19.4 Å². The Bertz CT molecular complexity index is 698. The zero-order chi connectivity index (χ0) is 14.7. The first-order chi connectivity index (χ1) is 10.3. The van der Waals surface area contributed by atoms with Gasteiger partial charge in [-0.15, -0.1) is 0 Å². The predicted molar refractivity (Wildman–Crippen MR) is 77.5 cm³/mol. The summed E-state index contributed by atoms with van der Waals surface area (Å²) in [7, 11) is 0. The van der Waals surface area contributed by atoms with Crippen LogP contribution in [0.15, 0.2) is 36.7 Å². The van der Waals surface area contributed by atoms with Crippen molar-refractivity contribution in [1.82, 2.24) is 14.9 Å². The fourth-order valence-corrected chi connectivity index (χ4v) is 2.66. The van der Waals surface area contributed by atoms with Crippen LogP contribution in [0.25, 0.3) is 0 Å². The first kappa shape index (κ1) is 13.4. The van der Waals surface area contributed by atoms with Crippen molar-refractivity contribution in [3.63, 3.8) is 0 Å². The van der Waals surface area contributed by atoms with E-state index < -0.39 is 0 Å². The van der Waals surface area contributed by atoms with E-state index in [2.05, 4.69) is 14.9 Å². The van der Waals surface area contributed by atoms with Crippen LogP contribution >= 0.6 is 0 Å². The SMILES string of the molecule is N#Cc1cccc(C(=O)NC[C@@H]2CCn3ccnc3C2)c1. The monoisotopic (exact) mass is 280 g/mol. The number of aryl methyl sites for hydroxylation is 1. The fraction of sp³-hybridized carbons (Fsp3) is 0.312. The number of aromatic nitrogens is 2. The number of nitrogens with one attached hydrogen (secondary N) is 1. The second kappa shape index (κ2) is 5.80. The first-order valence-electron chi connectivity index (χ1n) is 7.04. The second-order valence-electron chi connectivity index (χ2n) is 5.30. The lowest BCUT2D eigenvalue weighted by Gasteiger charge is -2.23. The van der Waals surface area contributed by atoms with Crippen molar-refractivity contribution >= 4 is 5.91 Å². The molecular weight excluding hydrogens is 264 g/mol. The lowest BCUT2D eigenvalue weighted by atomic mass is 9.97. The molecule has 0 saturated heterocycles. The molecule has 0 saturated carbocycles. The molecule has 2 aromatic rings. The zero-order valence-electron chi connectivity index (χ0n) is 11.6. The number of nitriles is 1. The van der Waals surface area contributed by atoms with Crippen molar-refractivity contribution in [1.29, 1.82) is 5.26 Å². The molecule has 0 fully saturated rings. The number of imidazole rings is 1. The van der Waals surface area contributed by atoms with E-state index >= 15 is 0 Å². The molecule has 1 aromatic heterocycles. The minimum atomic E-state index is -0.124. The van der Waals surface area contributed by atoms with E-state index in [1.54, 1.807) is 24.3 Å². The van der Waals surface area contributed by atoms with Gasteiger partial charge in [0.2, 0.25) is 0 Å². The highest BCUT2D eigenvalue weighted by Gasteiger charge is 2.19. The molecule has 0 radical (unpaired) electrons. The van der Waals surface area contributed by atoms with Gasteiger partial charge in [0.05, 0.1) is 11.6 Å². The maximum atomic E-state index is 12.1. The molecule has 0 bridgehead atoms. The highest BCUT2D eigenvalue weighted by Crippen LogP contribution is 2.18. The molecule has 106 valence electrons. The standard InChI is InChI=1S/C16H16N4O/c17-10-12-2-1-3-14(8-12)16(21)19-11-13-4-6-20-7-5-18-15(20)9-13/h1-3,5,7-8,13H,4,6,9,11H2,(H,19,21)/t13-/m1/s1. The number of nitrogens with zero attached hydrogens (tertiary/aromatic N) is 3. The summed E-state index contributed by atoms with van der Waals surface area (Å²) in [6.07, 6.45) is 5.76. The average Bonchev–Trinajstić information content (AvgIpc) is 3.00. The van der Waals surface area contributed by atoms with Crippen molar-refractivity contribution in [2.75, 3.05) is 6.54 Å². The number of carbonyl (C=O) groups excluding carboxylic acids is 1. The van der Waals surface area contributed by atoms with E-state index in [1.807, 2.05) is 18.5 Å². The first-order valence-corrected chi connectivity index (χ1v) is 7.04. The second-order valence-corrected chi connectivity index (χ2v) is 5.30. The summed E-state index contributed by atoms with van der Waals surface area (Å²) < 4.78 is 2.16. The summed E-state index contributed by atoms with van der Waals surface area (Å²) in [6.45, 7) is 1.60. The number of rotatable bonds is 3. The molecule has 0 spiro atoms. The molecule has 1 amide bonds. The number of carbonyl (C=O) groups is 1. The van der Waals surface area contributed by atoms with E-state index in [4.69, 9.17) is 5.26 Å². The van der Waals surface area contributed by atoms with Crippen LogP contribution in [0.1, 0.15) is 28.2 Å². The smallest absolute Gasteiger partial charge is 0.251 e. The highest BCUT2D eigenvalue weighted by atomic mass is 16.1. The molecule has 2 heterocycles. The van der Waals surface area contributed by atoms with Crippen LogP contribution < -0.4 is 5.32 Å². The maximum Gasteiger partial charge on any atom is 0.251 e. The van der Waals surface area contributed by atoms with Gasteiger partial charge >= 0.3 is 0 Å². The van der Waals surface area contributed by atoms with E-state index in [1.165, 1.54) is 0 Å². The van der Waals surface area contributed by atoms with Gasteiger partial charge in [-0.25, -0.2) is 4.98 Å². The third-order valence-electron chi connectivity index (χ3n) is 3.86. The van der Waals surface area contributed by atoms with Gasteiger partial charge in [-0.3, -0.25) is 4.79 Å². The molecule has 3 rings (SSSR count). The molecule has 1 aliphatic heterocycles. The van der Waals surface area contributed by atoms with Gasteiger partial charge in [-0.1, -0.05) is 6.07 Å². The van der Waals surface area contributed by atoms with Crippen molar-refractivity contribution < 1.29 is 4.79 Å². The molecule has 1 atom stereocenters. The number of fused-ring (bicyclic) bond motifs is 1. The van der Waals surface area contributed by atoms with Gasteiger partial charge in [0.15, 0.2) is 0 Å². The Kier molecular flexibility index (Phi) is 3.69. The number of hydrogen-bond acceptors (Lipinski definition) is 3. The Morgan fingerprint density at radius 1 is 1.52 bits per heavy atom.